The molecule has 0 unspecified atom stereocenters. The highest BCUT2D eigenvalue weighted by atomic mass is 15.2. The monoisotopic (exact) mass is 313 g/mol. The Morgan fingerprint density at radius 2 is 1.78 bits per heavy atom. The van der Waals surface area contributed by atoms with E-state index in [4.69, 9.17) is 0 Å². The van der Waals surface area contributed by atoms with Gasteiger partial charge < -0.3 is 14.8 Å². The fourth-order valence-electron chi connectivity index (χ4n) is 3.80. The van der Waals surface area contributed by atoms with Crippen molar-refractivity contribution < 1.29 is 0 Å². The van der Waals surface area contributed by atoms with Gasteiger partial charge in [0.05, 0.1) is 5.52 Å². The number of aromatic nitrogens is 1. The first-order valence-electron chi connectivity index (χ1n) is 9.21. The van der Waals surface area contributed by atoms with Crippen molar-refractivity contribution >= 4 is 10.9 Å². The molecule has 0 saturated carbocycles. The summed E-state index contributed by atoms with van der Waals surface area (Å²) in [7, 11) is 0. The molecule has 1 aliphatic rings. The van der Waals surface area contributed by atoms with Gasteiger partial charge in [-0.15, -0.1) is 0 Å². The minimum Gasteiger partial charge on any atom is -0.347 e. The van der Waals surface area contributed by atoms with E-state index < -0.39 is 0 Å². The summed E-state index contributed by atoms with van der Waals surface area (Å²) in [6, 6.07) is 4.57. The smallest absolute Gasteiger partial charge is 0.0515 e. The van der Waals surface area contributed by atoms with Gasteiger partial charge in [0.15, 0.2) is 0 Å². The van der Waals surface area contributed by atoms with Crippen LogP contribution in [0.3, 0.4) is 0 Å². The minimum absolute atomic E-state index is 1.14. The number of nitrogens with one attached hydrogen (secondary N) is 1. The molecular weight excluding hydrogens is 282 g/mol. The predicted molar refractivity (Wildman–Crippen MR) is 99.3 cm³/mol. The zero-order valence-corrected chi connectivity index (χ0v) is 15.0. The van der Waals surface area contributed by atoms with E-state index in [0.29, 0.717) is 0 Å². The Hall–Kier alpha value is -1.32. The van der Waals surface area contributed by atoms with Gasteiger partial charge in [-0.2, -0.15) is 0 Å². The van der Waals surface area contributed by atoms with Crippen LogP contribution in [0.4, 0.5) is 0 Å². The van der Waals surface area contributed by atoms with Crippen molar-refractivity contribution in [3.63, 3.8) is 0 Å². The number of rotatable bonds is 6. The quantitative estimate of drug-likeness (QED) is 0.881. The van der Waals surface area contributed by atoms with Crippen LogP contribution in [0.15, 0.2) is 18.3 Å². The zero-order valence-electron chi connectivity index (χ0n) is 15.0. The fraction of sp³-hybridized carbons (Fsp3) is 0.600. The second-order valence-corrected chi connectivity index (χ2v) is 6.97. The van der Waals surface area contributed by atoms with Crippen molar-refractivity contribution in [3.05, 3.63) is 35.0 Å². The number of nitrogens with zero attached hydrogens (tertiary/aromatic N) is 2. The first kappa shape index (κ1) is 16.5. The Labute approximate surface area is 140 Å². The van der Waals surface area contributed by atoms with Gasteiger partial charge in [-0.1, -0.05) is 25.5 Å². The van der Waals surface area contributed by atoms with Crippen LogP contribution in [-0.2, 0) is 13.0 Å². The highest BCUT2D eigenvalue weighted by Crippen LogP contribution is 2.29. The van der Waals surface area contributed by atoms with Crippen molar-refractivity contribution in [2.24, 2.45) is 0 Å². The molecule has 0 spiro atoms. The molecule has 3 rings (SSSR count). The maximum Gasteiger partial charge on any atom is 0.0515 e. The van der Waals surface area contributed by atoms with E-state index in [0.717, 1.165) is 19.6 Å². The average molecular weight is 313 g/mol. The van der Waals surface area contributed by atoms with Gasteiger partial charge in [0.25, 0.3) is 0 Å². The lowest BCUT2D eigenvalue weighted by molar-refractivity contribution is 0.244. The normalized spacial score (nSPS) is 16.3. The van der Waals surface area contributed by atoms with Crippen LogP contribution in [0, 0.1) is 13.8 Å². The average Bonchev–Trinajstić information content (AvgIpc) is 2.95. The van der Waals surface area contributed by atoms with Crippen LogP contribution in [0.2, 0.25) is 0 Å². The molecule has 23 heavy (non-hydrogen) atoms. The van der Waals surface area contributed by atoms with Crippen LogP contribution in [0.5, 0.6) is 0 Å². The summed E-state index contributed by atoms with van der Waals surface area (Å²) in [6.07, 6.45) is 6.11. The number of aryl methyl sites for hydroxylation is 3. The first-order valence-corrected chi connectivity index (χ1v) is 9.21. The number of fused-ring (bicyclic) bond motifs is 1. The molecule has 0 atom stereocenters. The molecule has 1 saturated heterocycles. The third-order valence-electron chi connectivity index (χ3n) is 5.17. The molecule has 2 aromatic rings. The number of unbranched alkanes of at least 4 members (excludes halogenated alkanes) is 1. The maximum atomic E-state index is 3.44. The minimum atomic E-state index is 1.14. The molecular formula is C20H31N3. The molecule has 2 heterocycles. The van der Waals surface area contributed by atoms with Gasteiger partial charge in [-0.25, -0.2) is 0 Å². The van der Waals surface area contributed by atoms with E-state index in [1.165, 1.54) is 66.5 Å². The van der Waals surface area contributed by atoms with Crippen molar-refractivity contribution in [3.8, 4) is 0 Å². The van der Waals surface area contributed by atoms with Crippen LogP contribution in [0.25, 0.3) is 10.9 Å². The molecule has 0 bridgehead atoms. The van der Waals surface area contributed by atoms with Crippen molar-refractivity contribution in [2.45, 2.75) is 46.6 Å². The van der Waals surface area contributed by atoms with Gasteiger partial charge in [0.1, 0.15) is 0 Å². The summed E-state index contributed by atoms with van der Waals surface area (Å²) in [5.41, 5.74) is 5.84. The summed E-state index contributed by atoms with van der Waals surface area (Å²) in [5.74, 6) is 0. The third kappa shape index (κ3) is 3.61. The molecule has 1 N–H and O–H groups in total. The van der Waals surface area contributed by atoms with Crippen LogP contribution < -0.4 is 5.32 Å². The molecule has 126 valence electrons. The van der Waals surface area contributed by atoms with Crippen LogP contribution in [0.1, 0.15) is 36.5 Å². The van der Waals surface area contributed by atoms with Crippen molar-refractivity contribution in [1.29, 1.82) is 0 Å². The summed E-state index contributed by atoms with van der Waals surface area (Å²) in [6.45, 7) is 13.8. The fourth-order valence-corrected chi connectivity index (χ4v) is 3.80. The molecule has 1 fully saturated rings. The van der Waals surface area contributed by atoms with Gasteiger partial charge >= 0.3 is 0 Å². The van der Waals surface area contributed by atoms with E-state index in [9.17, 15) is 0 Å². The van der Waals surface area contributed by atoms with E-state index >= 15 is 0 Å². The Morgan fingerprint density at radius 1 is 1.04 bits per heavy atom. The zero-order chi connectivity index (χ0) is 16.2. The van der Waals surface area contributed by atoms with Crippen molar-refractivity contribution in [2.75, 3.05) is 32.7 Å². The van der Waals surface area contributed by atoms with E-state index in [2.05, 4.69) is 53.9 Å². The standard InChI is InChI=1S/C20H31N3/c1-4-5-11-23-15-18(8-12-22-13-9-21-10-14-22)19-16(2)6-7-17(3)20(19)23/h6-7,15,21H,4-5,8-14H2,1-3H3. The lowest BCUT2D eigenvalue weighted by Gasteiger charge is -2.27. The molecule has 3 heteroatoms. The highest BCUT2D eigenvalue weighted by molar-refractivity contribution is 5.89. The Morgan fingerprint density at radius 3 is 2.52 bits per heavy atom. The van der Waals surface area contributed by atoms with E-state index in [-0.39, 0.29) is 0 Å². The van der Waals surface area contributed by atoms with Crippen LogP contribution >= 0.6 is 0 Å². The van der Waals surface area contributed by atoms with Gasteiger partial charge in [-0.3, -0.25) is 0 Å². The number of hydrogen-bond donors (Lipinski definition) is 1. The van der Waals surface area contributed by atoms with Crippen LogP contribution in [-0.4, -0.2) is 42.2 Å². The first-order chi connectivity index (χ1) is 11.2. The number of hydrogen-bond acceptors (Lipinski definition) is 2. The molecule has 3 nitrogen and oxygen atoms in total. The summed E-state index contributed by atoms with van der Waals surface area (Å²) < 4.78 is 2.51. The molecule has 0 amide bonds. The van der Waals surface area contributed by atoms with E-state index in [1.54, 1.807) is 0 Å². The number of piperazine rings is 1. The molecule has 1 aromatic carbocycles. The van der Waals surface area contributed by atoms with E-state index in [1.807, 2.05) is 0 Å². The Bertz CT molecular complexity index is 650. The lowest BCUT2D eigenvalue weighted by Crippen LogP contribution is -2.44. The largest absolute Gasteiger partial charge is 0.347 e. The third-order valence-corrected chi connectivity index (χ3v) is 5.17. The lowest BCUT2D eigenvalue weighted by atomic mass is 10.0. The summed E-state index contributed by atoms with van der Waals surface area (Å²) >= 11 is 0. The summed E-state index contributed by atoms with van der Waals surface area (Å²) in [4.78, 5) is 2.59. The maximum absolute atomic E-state index is 3.44. The number of benzene rings is 1. The molecule has 1 aromatic heterocycles. The Balaban J connectivity index is 1.87. The highest BCUT2D eigenvalue weighted by Gasteiger charge is 2.15. The summed E-state index contributed by atoms with van der Waals surface area (Å²) in [5, 5.41) is 4.95. The second kappa shape index (κ2) is 7.50. The molecule has 1 aliphatic heterocycles. The second-order valence-electron chi connectivity index (χ2n) is 6.97. The SMILES string of the molecule is CCCCn1cc(CCN2CCNCC2)c2c(C)ccc(C)c21. The molecule has 0 radical (unpaired) electrons. The van der Waals surface area contributed by atoms with Gasteiger partial charge in [-0.05, 0) is 43.4 Å². The Kier molecular flexibility index (Phi) is 5.39. The van der Waals surface area contributed by atoms with Crippen molar-refractivity contribution in [1.82, 2.24) is 14.8 Å². The topological polar surface area (TPSA) is 20.2 Å². The van der Waals surface area contributed by atoms with Gasteiger partial charge in [0.2, 0.25) is 0 Å². The van der Waals surface area contributed by atoms with Gasteiger partial charge in [0, 0.05) is 50.9 Å². The predicted octanol–water partition coefficient (Wildman–Crippen LogP) is 3.51. The molecule has 0 aliphatic carbocycles.